The maximum Gasteiger partial charge on any atom is 0.498 e. The molecule has 0 saturated carbocycles. The zero-order chi connectivity index (χ0) is 25.1. The van der Waals surface area contributed by atoms with Crippen LogP contribution in [0.4, 0.5) is 11.4 Å². The molecule has 2 aromatic carbocycles. The van der Waals surface area contributed by atoms with E-state index in [0.29, 0.717) is 5.92 Å². The number of hydrogen-bond acceptors (Lipinski definition) is 5. The Hall–Kier alpha value is -2.54. The summed E-state index contributed by atoms with van der Waals surface area (Å²) >= 11 is 0. The third-order valence-electron chi connectivity index (χ3n) is 8.32. The van der Waals surface area contributed by atoms with Crippen LogP contribution in [-0.2, 0) is 14.0 Å². The lowest BCUT2D eigenvalue weighted by molar-refractivity contribution is -0.105. The van der Waals surface area contributed by atoms with Gasteiger partial charge in [-0.25, -0.2) is 0 Å². The van der Waals surface area contributed by atoms with Crippen molar-refractivity contribution in [3.05, 3.63) is 71.5 Å². The monoisotopic (exact) mass is 485 g/mol. The number of para-hydroxylation sites is 1. The van der Waals surface area contributed by atoms with Crippen LogP contribution in [0.5, 0.6) is 5.75 Å². The van der Waals surface area contributed by atoms with E-state index in [0.717, 1.165) is 54.8 Å². The minimum absolute atomic E-state index is 0.282. The maximum absolute atomic E-state index is 6.76. The lowest BCUT2D eigenvalue weighted by Gasteiger charge is -2.32. The molecule has 0 radical (unpaired) electrons. The number of anilines is 2. The maximum atomic E-state index is 6.76. The molecule has 2 fully saturated rings. The van der Waals surface area contributed by atoms with Gasteiger partial charge in [-0.1, -0.05) is 36.4 Å². The third kappa shape index (κ3) is 3.91. The zero-order valence-corrected chi connectivity index (χ0v) is 22.0. The van der Waals surface area contributed by atoms with Crippen molar-refractivity contribution in [2.75, 3.05) is 11.5 Å². The molecule has 0 spiro atoms. The molecular formula is C30H36BNO4. The van der Waals surface area contributed by atoms with Crippen LogP contribution in [0.2, 0.25) is 0 Å². The van der Waals surface area contributed by atoms with E-state index in [1.165, 1.54) is 16.9 Å². The average molecular weight is 485 g/mol. The first-order chi connectivity index (χ1) is 17.2. The van der Waals surface area contributed by atoms with E-state index in [1.807, 2.05) is 0 Å². The van der Waals surface area contributed by atoms with E-state index in [-0.39, 0.29) is 6.29 Å². The third-order valence-corrected chi connectivity index (χ3v) is 8.32. The molecule has 3 heterocycles. The van der Waals surface area contributed by atoms with Crippen LogP contribution in [0.25, 0.3) is 0 Å². The number of hydrogen-bond donors (Lipinski definition) is 0. The van der Waals surface area contributed by atoms with Gasteiger partial charge in [-0.3, -0.25) is 0 Å². The Bertz CT molecular complexity index is 1210. The summed E-state index contributed by atoms with van der Waals surface area (Å²) in [7, 11) is -0.527. The molecule has 2 aromatic rings. The smallest absolute Gasteiger partial charge is 0.463 e. The topological polar surface area (TPSA) is 40.2 Å². The second-order valence-corrected chi connectivity index (χ2v) is 11.4. The van der Waals surface area contributed by atoms with E-state index >= 15 is 0 Å². The molecule has 2 saturated heterocycles. The first-order valence-electron chi connectivity index (χ1n) is 13.3. The van der Waals surface area contributed by atoms with Crippen molar-refractivity contribution in [3.8, 4) is 5.75 Å². The fourth-order valence-electron chi connectivity index (χ4n) is 5.69. The second-order valence-electron chi connectivity index (χ2n) is 11.4. The minimum Gasteiger partial charge on any atom is -0.463 e. The van der Waals surface area contributed by atoms with E-state index in [1.54, 1.807) is 0 Å². The van der Waals surface area contributed by atoms with Gasteiger partial charge in [-0.15, -0.1) is 0 Å². The molecule has 5 nitrogen and oxygen atoms in total. The van der Waals surface area contributed by atoms with Crippen molar-refractivity contribution in [2.24, 2.45) is 0 Å². The number of benzene rings is 2. The zero-order valence-electron chi connectivity index (χ0n) is 22.0. The quantitative estimate of drug-likeness (QED) is 0.477. The molecule has 3 aliphatic heterocycles. The van der Waals surface area contributed by atoms with Gasteiger partial charge in [0.25, 0.3) is 0 Å². The van der Waals surface area contributed by atoms with Gasteiger partial charge in [0, 0.05) is 29.2 Å². The molecule has 0 aromatic heterocycles. The van der Waals surface area contributed by atoms with Crippen LogP contribution in [0.1, 0.15) is 70.4 Å². The summed E-state index contributed by atoms with van der Waals surface area (Å²) in [6, 6.07) is 13.1. The van der Waals surface area contributed by atoms with Gasteiger partial charge in [-0.2, -0.15) is 0 Å². The normalized spacial score (nSPS) is 26.0. The fraction of sp³-hybridized carbons (Fsp3) is 0.467. The molecule has 6 rings (SSSR count). The summed E-state index contributed by atoms with van der Waals surface area (Å²) < 4.78 is 25.9. The number of aryl methyl sites for hydroxylation is 1. The summed E-state index contributed by atoms with van der Waals surface area (Å²) in [6.45, 7) is 11.2. The van der Waals surface area contributed by atoms with Crippen molar-refractivity contribution in [1.29, 1.82) is 0 Å². The van der Waals surface area contributed by atoms with E-state index in [2.05, 4.69) is 94.1 Å². The second kappa shape index (κ2) is 8.79. The molecule has 1 aliphatic carbocycles. The van der Waals surface area contributed by atoms with Gasteiger partial charge in [-0.05, 0) is 83.2 Å². The van der Waals surface area contributed by atoms with Crippen molar-refractivity contribution < 1.29 is 18.8 Å². The predicted molar refractivity (Wildman–Crippen MR) is 144 cm³/mol. The molecule has 2 atom stereocenters. The van der Waals surface area contributed by atoms with Gasteiger partial charge in [0.15, 0.2) is 6.29 Å². The van der Waals surface area contributed by atoms with Crippen molar-refractivity contribution >= 4 is 24.0 Å². The Morgan fingerprint density at radius 3 is 2.53 bits per heavy atom. The Morgan fingerprint density at radius 1 is 1.00 bits per heavy atom. The Labute approximate surface area is 215 Å². The highest BCUT2D eigenvalue weighted by molar-refractivity contribution is 6.63. The molecular weight excluding hydrogens is 449 g/mol. The molecule has 0 bridgehead atoms. The summed E-state index contributed by atoms with van der Waals surface area (Å²) in [6.07, 6.45) is 10.4. The van der Waals surface area contributed by atoms with Crippen LogP contribution >= 0.6 is 0 Å². The molecule has 0 N–H and O–H groups in total. The van der Waals surface area contributed by atoms with Gasteiger partial charge in [0.1, 0.15) is 5.75 Å². The SMILES string of the molecule is Cc1cc(B2OC(C)(C)C(C)(C)O2)c(OC2CCCCO2)c(N2C3=CC=CCC3c3ccccc32)c1. The predicted octanol–water partition coefficient (Wildman–Crippen LogP) is 6.28. The molecule has 36 heavy (non-hydrogen) atoms. The van der Waals surface area contributed by atoms with Gasteiger partial charge in [0.05, 0.1) is 23.5 Å². The number of rotatable bonds is 4. The highest BCUT2D eigenvalue weighted by Crippen LogP contribution is 2.52. The molecule has 188 valence electrons. The summed E-state index contributed by atoms with van der Waals surface area (Å²) in [5, 5.41) is 0. The van der Waals surface area contributed by atoms with Crippen LogP contribution in [0.3, 0.4) is 0 Å². The lowest BCUT2D eigenvalue weighted by Crippen LogP contribution is -2.41. The highest BCUT2D eigenvalue weighted by atomic mass is 16.7. The molecule has 4 aliphatic rings. The van der Waals surface area contributed by atoms with E-state index in [9.17, 15) is 0 Å². The highest BCUT2D eigenvalue weighted by Gasteiger charge is 2.53. The minimum atomic E-state index is -0.527. The summed E-state index contributed by atoms with van der Waals surface area (Å²) in [4.78, 5) is 2.38. The number of ether oxygens (including phenoxy) is 2. The van der Waals surface area contributed by atoms with Crippen LogP contribution in [0.15, 0.2) is 60.3 Å². The van der Waals surface area contributed by atoms with Gasteiger partial charge >= 0.3 is 7.12 Å². The number of fused-ring (bicyclic) bond motifs is 3. The first kappa shape index (κ1) is 23.8. The largest absolute Gasteiger partial charge is 0.498 e. The first-order valence-corrected chi connectivity index (χ1v) is 13.3. The molecule has 6 heteroatoms. The fourth-order valence-corrected chi connectivity index (χ4v) is 5.69. The lowest BCUT2D eigenvalue weighted by atomic mass is 9.77. The Balaban J connectivity index is 1.52. The summed E-state index contributed by atoms with van der Waals surface area (Å²) in [5.74, 6) is 1.13. The number of allylic oxidation sites excluding steroid dienone is 4. The van der Waals surface area contributed by atoms with Gasteiger partial charge < -0.3 is 23.7 Å². The van der Waals surface area contributed by atoms with Crippen molar-refractivity contribution in [3.63, 3.8) is 0 Å². The van der Waals surface area contributed by atoms with Crippen molar-refractivity contribution in [2.45, 2.75) is 83.7 Å². The van der Waals surface area contributed by atoms with E-state index in [4.69, 9.17) is 18.8 Å². The standard InChI is InChI=1S/C30H36BNO4/c1-20-18-23(31-35-29(2,3)30(4,5)36-31)28(34-27-16-10-11-17-33-27)26(19-20)32-24-14-8-6-12-21(24)22-13-7-9-15-25(22)32/h6-9,12,14-15,18-19,22,27H,10-11,13,16-17H2,1-5H3. The number of nitrogens with zero attached hydrogens (tertiary/aromatic N) is 1. The van der Waals surface area contributed by atoms with Crippen molar-refractivity contribution in [1.82, 2.24) is 0 Å². The Morgan fingerprint density at radius 2 is 1.78 bits per heavy atom. The molecule has 2 unspecified atom stereocenters. The van der Waals surface area contributed by atoms with E-state index < -0.39 is 18.3 Å². The van der Waals surface area contributed by atoms with Crippen LogP contribution < -0.4 is 15.1 Å². The molecule has 0 amide bonds. The Kier molecular flexibility index (Phi) is 5.82. The van der Waals surface area contributed by atoms with Gasteiger partial charge in [0.2, 0.25) is 0 Å². The van der Waals surface area contributed by atoms with Crippen LogP contribution in [-0.4, -0.2) is 31.2 Å². The summed E-state index contributed by atoms with van der Waals surface area (Å²) in [5.41, 5.74) is 6.03. The average Bonchev–Trinajstić information content (AvgIpc) is 3.30. The van der Waals surface area contributed by atoms with Crippen LogP contribution in [0, 0.1) is 6.92 Å².